The van der Waals surface area contributed by atoms with Crippen LogP contribution in [0.4, 0.5) is 8.78 Å². The van der Waals surface area contributed by atoms with Crippen molar-refractivity contribution in [2.45, 2.75) is 38.8 Å². The second-order valence-electron chi connectivity index (χ2n) is 3.75. The number of nitrogens with zero attached hydrogens (tertiary/aromatic N) is 1. The molecule has 0 saturated carbocycles. The van der Waals surface area contributed by atoms with Crippen molar-refractivity contribution in [2.75, 3.05) is 19.6 Å². The molecule has 0 aromatic carbocycles. The molecule has 1 heterocycles. The number of rotatable bonds is 2. The second kappa shape index (κ2) is 4.86. The molecule has 13 heavy (non-hydrogen) atoms. The number of alkyl halides is 2. The van der Waals surface area contributed by atoms with Crippen LogP contribution in [-0.4, -0.2) is 43.0 Å². The summed E-state index contributed by atoms with van der Waals surface area (Å²) in [7, 11) is 0. The summed E-state index contributed by atoms with van der Waals surface area (Å²) in [5, 5.41) is 3.28. The van der Waals surface area contributed by atoms with E-state index in [1.165, 1.54) is 0 Å². The van der Waals surface area contributed by atoms with E-state index in [1.54, 1.807) is 6.92 Å². The lowest BCUT2D eigenvalue weighted by molar-refractivity contribution is 0.0375. The van der Waals surface area contributed by atoms with Crippen LogP contribution < -0.4 is 5.32 Å². The Kier molecular flexibility index (Phi) is 4.06. The van der Waals surface area contributed by atoms with Gasteiger partial charge in [-0.25, -0.2) is 8.78 Å². The average molecular weight is 192 g/mol. The van der Waals surface area contributed by atoms with Crippen LogP contribution in [0.3, 0.4) is 0 Å². The lowest BCUT2D eigenvalue weighted by Gasteiger charge is -2.26. The minimum Gasteiger partial charge on any atom is -0.313 e. The predicted molar refractivity (Wildman–Crippen MR) is 49.1 cm³/mol. The maximum Gasteiger partial charge on any atom is 0.253 e. The molecule has 0 aliphatic carbocycles. The Morgan fingerprint density at radius 2 is 2.08 bits per heavy atom. The molecule has 2 nitrogen and oxygen atoms in total. The van der Waals surface area contributed by atoms with Gasteiger partial charge in [0.05, 0.1) is 6.04 Å². The van der Waals surface area contributed by atoms with Crippen LogP contribution in [0.2, 0.25) is 0 Å². The van der Waals surface area contributed by atoms with Crippen molar-refractivity contribution in [3.05, 3.63) is 0 Å². The highest BCUT2D eigenvalue weighted by Crippen LogP contribution is 2.11. The molecule has 0 amide bonds. The zero-order chi connectivity index (χ0) is 9.84. The van der Waals surface area contributed by atoms with Crippen molar-refractivity contribution in [1.82, 2.24) is 10.2 Å². The van der Waals surface area contributed by atoms with Gasteiger partial charge in [-0.15, -0.1) is 0 Å². The Bertz CT molecular complexity index is 153. The summed E-state index contributed by atoms with van der Waals surface area (Å²) in [4.78, 5) is 1.86. The van der Waals surface area contributed by atoms with Crippen molar-refractivity contribution < 1.29 is 8.78 Å². The highest BCUT2D eigenvalue weighted by Gasteiger charge is 2.24. The molecule has 0 bridgehead atoms. The van der Waals surface area contributed by atoms with Gasteiger partial charge in [0.2, 0.25) is 0 Å². The molecule has 0 spiro atoms. The van der Waals surface area contributed by atoms with E-state index in [4.69, 9.17) is 0 Å². The van der Waals surface area contributed by atoms with Crippen LogP contribution >= 0.6 is 0 Å². The summed E-state index contributed by atoms with van der Waals surface area (Å²) in [6, 6.07) is -0.151. The van der Waals surface area contributed by atoms with Crippen LogP contribution in [0.5, 0.6) is 0 Å². The lowest BCUT2D eigenvalue weighted by atomic mass is 10.2. The minimum absolute atomic E-state index is 0.454. The van der Waals surface area contributed by atoms with Gasteiger partial charge in [-0.1, -0.05) is 0 Å². The van der Waals surface area contributed by atoms with Gasteiger partial charge in [-0.2, -0.15) is 0 Å². The van der Waals surface area contributed by atoms with E-state index in [-0.39, 0.29) is 0 Å². The number of halogens is 2. The molecule has 4 heteroatoms. The SMILES string of the molecule is CC1CCN(C(C)C(F)F)CCN1. The average Bonchev–Trinajstić information content (AvgIpc) is 2.28. The number of nitrogens with one attached hydrogen (secondary N) is 1. The molecule has 2 atom stereocenters. The smallest absolute Gasteiger partial charge is 0.253 e. The molecule has 78 valence electrons. The molecule has 1 N–H and O–H groups in total. The number of hydrogen-bond donors (Lipinski definition) is 1. The monoisotopic (exact) mass is 192 g/mol. The van der Waals surface area contributed by atoms with Crippen molar-refractivity contribution in [1.29, 1.82) is 0 Å². The highest BCUT2D eigenvalue weighted by atomic mass is 19.3. The zero-order valence-corrected chi connectivity index (χ0v) is 8.26. The van der Waals surface area contributed by atoms with Gasteiger partial charge in [0.25, 0.3) is 6.43 Å². The molecular weight excluding hydrogens is 174 g/mol. The van der Waals surface area contributed by atoms with Gasteiger partial charge >= 0.3 is 0 Å². The fraction of sp³-hybridized carbons (Fsp3) is 1.00. The van der Waals surface area contributed by atoms with Gasteiger partial charge < -0.3 is 5.32 Å². The maximum absolute atomic E-state index is 12.4. The Morgan fingerprint density at radius 1 is 1.38 bits per heavy atom. The van der Waals surface area contributed by atoms with E-state index < -0.39 is 12.5 Å². The van der Waals surface area contributed by atoms with Gasteiger partial charge in [0.1, 0.15) is 0 Å². The van der Waals surface area contributed by atoms with Gasteiger partial charge in [0.15, 0.2) is 0 Å². The molecule has 1 aliphatic heterocycles. The Labute approximate surface area is 78.3 Å². The molecule has 0 aromatic rings. The quantitative estimate of drug-likeness (QED) is 0.710. The van der Waals surface area contributed by atoms with E-state index in [0.29, 0.717) is 6.04 Å². The van der Waals surface area contributed by atoms with Crippen molar-refractivity contribution in [3.8, 4) is 0 Å². The van der Waals surface area contributed by atoms with Crippen LogP contribution in [0.1, 0.15) is 20.3 Å². The first-order valence-corrected chi connectivity index (χ1v) is 4.87. The summed E-state index contributed by atoms with van der Waals surface area (Å²) < 4.78 is 24.8. The summed E-state index contributed by atoms with van der Waals surface area (Å²) in [5.41, 5.74) is 0. The third-order valence-electron chi connectivity index (χ3n) is 2.68. The van der Waals surface area contributed by atoms with E-state index in [1.807, 2.05) is 4.90 Å². The molecule has 2 unspecified atom stereocenters. The summed E-state index contributed by atoms with van der Waals surface area (Å²) >= 11 is 0. The topological polar surface area (TPSA) is 15.3 Å². The van der Waals surface area contributed by atoms with Gasteiger partial charge in [-0.05, 0) is 20.3 Å². The normalized spacial score (nSPS) is 28.8. The standard InChI is InChI=1S/C9H18F2N2/c1-7-3-5-13(6-4-12-7)8(2)9(10)11/h7-9,12H,3-6H2,1-2H3. The van der Waals surface area contributed by atoms with Gasteiger partial charge in [-0.3, -0.25) is 4.90 Å². The molecule has 0 aromatic heterocycles. The highest BCUT2D eigenvalue weighted by molar-refractivity contribution is 4.76. The molecule has 1 saturated heterocycles. The predicted octanol–water partition coefficient (Wildman–Crippen LogP) is 1.32. The minimum atomic E-state index is -2.23. The Hall–Kier alpha value is -0.220. The third-order valence-corrected chi connectivity index (χ3v) is 2.68. The fourth-order valence-corrected chi connectivity index (χ4v) is 1.59. The Morgan fingerprint density at radius 3 is 2.69 bits per heavy atom. The van der Waals surface area contributed by atoms with Crippen molar-refractivity contribution >= 4 is 0 Å². The maximum atomic E-state index is 12.4. The fourth-order valence-electron chi connectivity index (χ4n) is 1.59. The second-order valence-corrected chi connectivity index (χ2v) is 3.75. The van der Waals surface area contributed by atoms with E-state index in [2.05, 4.69) is 12.2 Å². The van der Waals surface area contributed by atoms with E-state index in [0.717, 1.165) is 26.1 Å². The van der Waals surface area contributed by atoms with Crippen LogP contribution in [0, 0.1) is 0 Å². The largest absolute Gasteiger partial charge is 0.313 e. The Balaban J connectivity index is 2.41. The lowest BCUT2D eigenvalue weighted by Crippen LogP contribution is -2.40. The summed E-state index contributed by atoms with van der Waals surface area (Å²) in [6.07, 6.45) is -1.27. The molecule has 1 fully saturated rings. The van der Waals surface area contributed by atoms with E-state index >= 15 is 0 Å². The molecular formula is C9H18F2N2. The molecule has 0 radical (unpaired) electrons. The summed E-state index contributed by atoms with van der Waals surface area (Å²) in [6.45, 7) is 6.02. The zero-order valence-electron chi connectivity index (χ0n) is 8.26. The third kappa shape index (κ3) is 3.19. The van der Waals surface area contributed by atoms with Gasteiger partial charge in [0, 0.05) is 25.7 Å². The van der Waals surface area contributed by atoms with Crippen molar-refractivity contribution in [2.24, 2.45) is 0 Å². The summed E-state index contributed by atoms with van der Waals surface area (Å²) in [5.74, 6) is 0. The molecule has 1 aliphatic rings. The molecule has 1 rings (SSSR count). The van der Waals surface area contributed by atoms with E-state index in [9.17, 15) is 8.78 Å². The first-order valence-electron chi connectivity index (χ1n) is 4.87. The first kappa shape index (κ1) is 10.9. The number of hydrogen-bond acceptors (Lipinski definition) is 2. The van der Waals surface area contributed by atoms with Crippen LogP contribution in [0.25, 0.3) is 0 Å². The van der Waals surface area contributed by atoms with Crippen LogP contribution in [-0.2, 0) is 0 Å². The van der Waals surface area contributed by atoms with Crippen LogP contribution in [0.15, 0.2) is 0 Å². The van der Waals surface area contributed by atoms with Crippen molar-refractivity contribution in [3.63, 3.8) is 0 Å². The first-order chi connectivity index (χ1) is 6.11.